The predicted octanol–water partition coefficient (Wildman–Crippen LogP) is 2.69. The van der Waals surface area contributed by atoms with Crippen LogP contribution in [0, 0.1) is 6.92 Å². The fraction of sp³-hybridized carbons (Fsp3) is 0.222. The molecule has 2 unspecified atom stereocenters. The first-order valence-electron chi connectivity index (χ1n) is 11.4. The Morgan fingerprint density at radius 2 is 1.62 bits per heavy atom. The van der Waals surface area contributed by atoms with Crippen LogP contribution in [-0.4, -0.2) is 46.0 Å². The lowest BCUT2D eigenvalue weighted by atomic mass is 10.0. The molecule has 0 aliphatic heterocycles. The van der Waals surface area contributed by atoms with Gasteiger partial charge in [-0.1, -0.05) is 48.5 Å². The molecule has 1 heterocycles. The summed E-state index contributed by atoms with van der Waals surface area (Å²) >= 11 is 0. The molecule has 3 aromatic rings. The molecule has 3 rings (SSSR count). The predicted molar refractivity (Wildman–Crippen MR) is 134 cm³/mol. The number of anilines is 1. The van der Waals surface area contributed by atoms with Crippen molar-refractivity contribution in [3.05, 3.63) is 100.0 Å². The smallest absolute Gasteiger partial charge is 0.305 e. The number of ketones is 1. The number of carboxylic acids is 1. The number of rotatable bonds is 11. The maximum atomic E-state index is 13.4. The summed E-state index contributed by atoms with van der Waals surface area (Å²) in [4.78, 5) is 62.6. The third kappa shape index (κ3) is 7.20. The SMILES string of the molecule is Cc1cc(NC(=O)c2ccccc2)c(=O)n(C(Cc2ccccc2)C(=O)NC(CC(=O)O)C(=O)CF)c1. The van der Waals surface area contributed by atoms with Gasteiger partial charge in [0.25, 0.3) is 11.5 Å². The van der Waals surface area contributed by atoms with Crippen molar-refractivity contribution in [1.82, 2.24) is 9.88 Å². The molecule has 2 amide bonds. The van der Waals surface area contributed by atoms with E-state index in [0.29, 0.717) is 16.7 Å². The monoisotopic (exact) mass is 507 g/mol. The molecule has 0 bridgehead atoms. The zero-order chi connectivity index (χ0) is 26.9. The topological polar surface area (TPSA) is 135 Å². The lowest BCUT2D eigenvalue weighted by molar-refractivity contribution is -0.140. The molecular formula is C27H26FN3O6. The average Bonchev–Trinajstić information content (AvgIpc) is 2.89. The van der Waals surface area contributed by atoms with E-state index in [4.69, 9.17) is 5.11 Å². The zero-order valence-electron chi connectivity index (χ0n) is 20.0. The van der Waals surface area contributed by atoms with Gasteiger partial charge in [0.1, 0.15) is 24.4 Å². The molecule has 0 aliphatic carbocycles. The normalized spacial score (nSPS) is 12.3. The zero-order valence-corrected chi connectivity index (χ0v) is 20.0. The van der Waals surface area contributed by atoms with Crippen molar-refractivity contribution >= 4 is 29.3 Å². The molecule has 2 aromatic carbocycles. The van der Waals surface area contributed by atoms with E-state index in [2.05, 4.69) is 10.6 Å². The minimum absolute atomic E-state index is 0.00567. The van der Waals surface area contributed by atoms with E-state index in [0.717, 1.165) is 4.57 Å². The lowest BCUT2D eigenvalue weighted by Gasteiger charge is -2.23. The van der Waals surface area contributed by atoms with Crippen LogP contribution < -0.4 is 16.2 Å². The van der Waals surface area contributed by atoms with Gasteiger partial charge in [-0.2, -0.15) is 0 Å². The van der Waals surface area contributed by atoms with Crippen molar-refractivity contribution < 1.29 is 28.7 Å². The van der Waals surface area contributed by atoms with Crippen LogP contribution in [0.1, 0.15) is 33.9 Å². The molecule has 0 aliphatic rings. The van der Waals surface area contributed by atoms with Gasteiger partial charge in [-0.3, -0.25) is 24.0 Å². The van der Waals surface area contributed by atoms with Gasteiger partial charge in [-0.25, -0.2) is 4.39 Å². The summed E-state index contributed by atoms with van der Waals surface area (Å²) in [5, 5.41) is 14.0. The van der Waals surface area contributed by atoms with E-state index in [1.807, 2.05) is 0 Å². The fourth-order valence-electron chi connectivity index (χ4n) is 3.78. The number of aryl methyl sites for hydroxylation is 1. The number of hydrogen-bond donors (Lipinski definition) is 3. The molecular weight excluding hydrogens is 481 g/mol. The van der Waals surface area contributed by atoms with Crippen LogP contribution in [0.2, 0.25) is 0 Å². The number of alkyl halides is 1. The molecule has 37 heavy (non-hydrogen) atoms. The first-order valence-corrected chi connectivity index (χ1v) is 11.4. The van der Waals surface area contributed by atoms with E-state index < -0.39 is 54.3 Å². The highest BCUT2D eigenvalue weighted by Gasteiger charge is 2.29. The van der Waals surface area contributed by atoms with E-state index in [1.165, 1.54) is 12.3 Å². The summed E-state index contributed by atoms with van der Waals surface area (Å²) in [5.41, 5.74) is 0.808. The van der Waals surface area contributed by atoms with E-state index in [1.54, 1.807) is 67.6 Å². The number of amides is 2. The number of nitrogens with zero attached hydrogens (tertiary/aromatic N) is 1. The Morgan fingerprint density at radius 1 is 1.00 bits per heavy atom. The average molecular weight is 508 g/mol. The minimum atomic E-state index is -1.61. The second-order valence-electron chi connectivity index (χ2n) is 8.43. The quantitative estimate of drug-likeness (QED) is 0.365. The third-order valence-corrected chi connectivity index (χ3v) is 5.59. The first-order chi connectivity index (χ1) is 17.7. The largest absolute Gasteiger partial charge is 0.481 e. The molecule has 10 heteroatoms. The number of aromatic nitrogens is 1. The summed E-state index contributed by atoms with van der Waals surface area (Å²) in [7, 11) is 0. The van der Waals surface area contributed by atoms with Crippen molar-refractivity contribution in [1.29, 1.82) is 0 Å². The number of nitrogens with one attached hydrogen (secondary N) is 2. The number of benzene rings is 2. The Kier molecular flexibility index (Phi) is 9.04. The number of hydrogen-bond acceptors (Lipinski definition) is 5. The van der Waals surface area contributed by atoms with Crippen LogP contribution >= 0.6 is 0 Å². The number of carbonyl (C=O) groups excluding carboxylic acids is 3. The standard InChI is InChI=1S/C27H26FN3O6/c1-17-12-21(30-25(35)19-10-6-3-7-11-19)27(37)31(16-17)22(13-18-8-4-2-5-9-18)26(36)29-20(14-24(33)34)23(32)15-28/h2-12,16,20,22H,13-15H2,1H3,(H,29,36)(H,30,35)(H,33,34). The first kappa shape index (κ1) is 27.0. The maximum Gasteiger partial charge on any atom is 0.305 e. The Balaban J connectivity index is 2.01. The van der Waals surface area contributed by atoms with Crippen molar-refractivity contribution in [2.24, 2.45) is 0 Å². The Bertz CT molecular complexity index is 1340. The van der Waals surface area contributed by atoms with Crippen LogP contribution in [0.25, 0.3) is 0 Å². The molecule has 3 N–H and O–H groups in total. The van der Waals surface area contributed by atoms with E-state index in [9.17, 15) is 28.4 Å². The fourth-order valence-corrected chi connectivity index (χ4v) is 3.78. The number of halogens is 1. The van der Waals surface area contributed by atoms with Gasteiger partial charge in [0.2, 0.25) is 5.91 Å². The van der Waals surface area contributed by atoms with Gasteiger partial charge in [0.05, 0.1) is 6.42 Å². The van der Waals surface area contributed by atoms with Gasteiger partial charge in [-0.15, -0.1) is 0 Å². The minimum Gasteiger partial charge on any atom is -0.481 e. The summed E-state index contributed by atoms with van der Waals surface area (Å²) in [6.45, 7) is 0.215. The maximum absolute atomic E-state index is 13.4. The highest BCUT2D eigenvalue weighted by atomic mass is 19.1. The molecule has 0 fully saturated rings. The number of carboxylic acid groups (broad SMARTS) is 1. The van der Waals surface area contributed by atoms with Crippen LogP contribution in [0.3, 0.4) is 0 Å². The highest BCUT2D eigenvalue weighted by Crippen LogP contribution is 2.17. The molecule has 192 valence electrons. The second kappa shape index (κ2) is 12.4. The molecule has 0 spiro atoms. The molecule has 0 saturated carbocycles. The number of carbonyl (C=O) groups is 4. The Morgan fingerprint density at radius 3 is 2.22 bits per heavy atom. The van der Waals surface area contributed by atoms with Crippen molar-refractivity contribution in [3.8, 4) is 0 Å². The van der Waals surface area contributed by atoms with Crippen molar-refractivity contribution in [2.75, 3.05) is 12.0 Å². The van der Waals surface area contributed by atoms with Crippen LogP contribution in [-0.2, 0) is 20.8 Å². The van der Waals surface area contributed by atoms with Crippen LogP contribution in [0.4, 0.5) is 10.1 Å². The third-order valence-electron chi connectivity index (χ3n) is 5.59. The molecule has 1 aromatic heterocycles. The van der Waals surface area contributed by atoms with Gasteiger partial charge in [0.15, 0.2) is 5.78 Å². The van der Waals surface area contributed by atoms with E-state index in [-0.39, 0.29) is 12.1 Å². The van der Waals surface area contributed by atoms with Crippen LogP contribution in [0.15, 0.2) is 77.7 Å². The number of Topliss-reactive ketones (excluding diaryl/α,β-unsaturated/α-hetero) is 1. The molecule has 9 nitrogen and oxygen atoms in total. The molecule has 0 saturated heterocycles. The lowest BCUT2D eigenvalue weighted by Crippen LogP contribution is -2.47. The second-order valence-corrected chi connectivity index (χ2v) is 8.43. The highest BCUT2D eigenvalue weighted by molar-refractivity contribution is 6.04. The summed E-state index contributed by atoms with van der Waals surface area (Å²) in [5.74, 6) is -3.86. The van der Waals surface area contributed by atoms with Crippen molar-refractivity contribution in [2.45, 2.75) is 31.8 Å². The number of pyridine rings is 1. The van der Waals surface area contributed by atoms with Gasteiger partial charge < -0.3 is 20.3 Å². The molecule has 2 atom stereocenters. The van der Waals surface area contributed by atoms with Gasteiger partial charge in [-0.05, 0) is 36.2 Å². The van der Waals surface area contributed by atoms with Crippen molar-refractivity contribution in [3.63, 3.8) is 0 Å². The van der Waals surface area contributed by atoms with Crippen LogP contribution in [0.5, 0.6) is 0 Å². The summed E-state index contributed by atoms with van der Waals surface area (Å²) in [6.07, 6.45) is 0.621. The summed E-state index contributed by atoms with van der Waals surface area (Å²) in [6, 6.07) is 15.6. The van der Waals surface area contributed by atoms with E-state index >= 15 is 0 Å². The number of aliphatic carboxylic acids is 1. The van der Waals surface area contributed by atoms with Gasteiger partial charge in [0, 0.05) is 18.2 Å². The van der Waals surface area contributed by atoms with Gasteiger partial charge >= 0.3 is 5.97 Å². The molecule has 0 radical (unpaired) electrons. The Labute approximate surface area is 211 Å². The summed E-state index contributed by atoms with van der Waals surface area (Å²) < 4.78 is 14.2. The Hall–Kier alpha value is -4.60.